The maximum absolute atomic E-state index is 12.6. The first-order chi connectivity index (χ1) is 14.4. The summed E-state index contributed by atoms with van der Waals surface area (Å²) in [5, 5.41) is 0. The Labute approximate surface area is 174 Å². The van der Waals surface area contributed by atoms with Crippen LogP contribution in [0.3, 0.4) is 0 Å². The fourth-order valence-corrected chi connectivity index (χ4v) is 3.61. The van der Waals surface area contributed by atoms with Crippen LogP contribution in [0.15, 0.2) is 60.7 Å². The topological polar surface area (TPSA) is 80.3 Å². The molecule has 2 aromatic rings. The average Bonchev–Trinajstić information content (AvgIpc) is 3.21. The fourth-order valence-electron chi connectivity index (χ4n) is 3.61. The van der Waals surface area contributed by atoms with Gasteiger partial charge in [-0.3, -0.25) is 0 Å². The number of carbonyl (C=O) groups excluding carboxylic acids is 2. The highest BCUT2D eigenvalue weighted by molar-refractivity contribution is 5.89. The summed E-state index contributed by atoms with van der Waals surface area (Å²) in [5.74, 6) is -1.72. The number of rotatable bonds is 6. The van der Waals surface area contributed by atoms with E-state index in [0.717, 1.165) is 0 Å². The van der Waals surface area contributed by atoms with E-state index in [-0.39, 0.29) is 6.61 Å². The van der Waals surface area contributed by atoms with E-state index in [1.165, 1.54) is 0 Å². The summed E-state index contributed by atoms with van der Waals surface area (Å²) in [5.41, 5.74) is 0.913. The molecule has 7 nitrogen and oxygen atoms in total. The molecular formula is C23H24O7. The Morgan fingerprint density at radius 1 is 0.900 bits per heavy atom. The molecule has 158 valence electrons. The molecule has 4 atom stereocenters. The van der Waals surface area contributed by atoms with E-state index in [1.54, 1.807) is 62.4 Å². The predicted molar refractivity (Wildman–Crippen MR) is 106 cm³/mol. The third-order valence-electron chi connectivity index (χ3n) is 4.98. The molecule has 2 aliphatic heterocycles. The van der Waals surface area contributed by atoms with Crippen LogP contribution < -0.4 is 0 Å². The number of fused-ring (bicyclic) bond motifs is 1. The summed E-state index contributed by atoms with van der Waals surface area (Å²) in [4.78, 5) is 24.7. The molecule has 2 aromatic carbocycles. The van der Waals surface area contributed by atoms with Crippen LogP contribution in [-0.4, -0.2) is 48.9 Å². The highest BCUT2D eigenvalue weighted by atomic mass is 16.8. The van der Waals surface area contributed by atoms with E-state index in [4.69, 9.17) is 23.7 Å². The minimum atomic E-state index is -0.836. The van der Waals surface area contributed by atoms with E-state index >= 15 is 0 Å². The molecule has 0 aliphatic carbocycles. The quantitative estimate of drug-likeness (QED) is 0.673. The van der Waals surface area contributed by atoms with Gasteiger partial charge in [-0.25, -0.2) is 9.59 Å². The molecule has 0 bridgehead atoms. The Morgan fingerprint density at radius 2 is 1.50 bits per heavy atom. The maximum atomic E-state index is 12.6. The van der Waals surface area contributed by atoms with Gasteiger partial charge in [0.25, 0.3) is 0 Å². The average molecular weight is 412 g/mol. The lowest BCUT2D eigenvalue weighted by atomic mass is 10.1. The Balaban J connectivity index is 1.40. The smallest absolute Gasteiger partial charge is 0.338 e. The fraction of sp³-hybridized carbons (Fsp3) is 0.391. The number of esters is 2. The third kappa shape index (κ3) is 4.53. The molecular weight excluding hydrogens is 388 g/mol. The highest BCUT2D eigenvalue weighted by Crippen LogP contribution is 2.39. The molecule has 2 saturated heterocycles. The Morgan fingerprint density at radius 3 is 2.13 bits per heavy atom. The predicted octanol–water partition coefficient (Wildman–Crippen LogP) is 3.34. The van der Waals surface area contributed by atoms with Gasteiger partial charge >= 0.3 is 11.9 Å². The summed E-state index contributed by atoms with van der Waals surface area (Å²) in [6.07, 6.45) is -2.07. The molecule has 0 unspecified atom stereocenters. The van der Waals surface area contributed by atoms with Crippen molar-refractivity contribution in [1.82, 2.24) is 0 Å². The van der Waals surface area contributed by atoms with Crippen molar-refractivity contribution in [2.75, 3.05) is 6.61 Å². The van der Waals surface area contributed by atoms with Gasteiger partial charge in [-0.2, -0.15) is 0 Å². The van der Waals surface area contributed by atoms with Gasteiger partial charge in [0.15, 0.2) is 24.3 Å². The Bertz CT molecular complexity index is 881. The zero-order valence-electron chi connectivity index (χ0n) is 16.9. The van der Waals surface area contributed by atoms with Crippen molar-refractivity contribution in [2.24, 2.45) is 0 Å². The molecule has 0 radical (unpaired) electrons. The van der Waals surface area contributed by atoms with E-state index in [0.29, 0.717) is 17.5 Å². The molecule has 7 heteroatoms. The molecule has 0 saturated carbocycles. The second-order valence-corrected chi connectivity index (χ2v) is 7.67. The molecule has 30 heavy (non-hydrogen) atoms. The highest BCUT2D eigenvalue weighted by Gasteiger charge is 2.56. The first-order valence-corrected chi connectivity index (χ1v) is 9.92. The summed E-state index contributed by atoms with van der Waals surface area (Å²) in [7, 11) is 0. The Hall–Kier alpha value is -2.74. The van der Waals surface area contributed by atoms with E-state index in [1.807, 2.05) is 12.1 Å². The second-order valence-electron chi connectivity index (χ2n) is 7.67. The zero-order chi connectivity index (χ0) is 21.1. The van der Waals surface area contributed by atoms with Crippen LogP contribution in [0.25, 0.3) is 0 Å². The normalized spacial score (nSPS) is 26.7. The zero-order valence-corrected chi connectivity index (χ0v) is 16.9. The van der Waals surface area contributed by atoms with Crippen LogP contribution in [0, 0.1) is 0 Å². The van der Waals surface area contributed by atoms with Gasteiger partial charge in [0.1, 0.15) is 6.10 Å². The number of carbonyl (C=O) groups is 2. The number of ether oxygens (including phenoxy) is 5. The summed E-state index contributed by atoms with van der Waals surface area (Å²) in [6.45, 7) is 3.67. The van der Waals surface area contributed by atoms with E-state index in [2.05, 4.69) is 0 Å². The van der Waals surface area contributed by atoms with Crippen LogP contribution in [0.2, 0.25) is 0 Å². The molecule has 0 N–H and O–H groups in total. The Kier molecular flexibility index (Phi) is 5.85. The van der Waals surface area contributed by atoms with Crippen molar-refractivity contribution in [3.63, 3.8) is 0 Å². The lowest BCUT2D eigenvalue weighted by Gasteiger charge is -2.25. The first-order valence-electron chi connectivity index (χ1n) is 9.92. The molecule has 0 aromatic heterocycles. The summed E-state index contributed by atoms with van der Waals surface area (Å²) in [6, 6.07) is 17.5. The minimum absolute atomic E-state index is 0.112. The van der Waals surface area contributed by atoms with Gasteiger partial charge in [0.05, 0.1) is 17.7 Å². The first kappa shape index (κ1) is 20.5. The molecule has 0 amide bonds. The maximum Gasteiger partial charge on any atom is 0.338 e. The van der Waals surface area contributed by atoms with Crippen LogP contribution >= 0.6 is 0 Å². The lowest BCUT2D eigenvalue weighted by molar-refractivity contribution is -0.216. The van der Waals surface area contributed by atoms with Gasteiger partial charge < -0.3 is 23.7 Å². The van der Waals surface area contributed by atoms with Crippen molar-refractivity contribution in [1.29, 1.82) is 0 Å². The van der Waals surface area contributed by atoms with Gasteiger partial charge in [0, 0.05) is 6.42 Å². The third-order valence-corrected chi connectivity index (χ3v) is 4.98. The SMILES string of the molecule is CC1(C)O[C@H]2O[C@H](CCOC(=O)c3ccccc3)[C@@H](OC(=O)c3ccccc3)[C@H]2O1. The van der Waals surface area contributed by atoms with Crippen LogP contribution in [-0.2, 0) is 23.7 Å². The van der Waals surface area contributed by atoms with Gasteiger partial charge in [-0.15, -0.1) is 0 Å². The van der Waals surface area contributed by atoms with Gasteiger partial charge in [-0.05, 0) is 38.1 Å². The van der Waals surface area contributed by atoms with Crippen molar-refractivity contribution >= 4 is 11.9 Å². The van der Waals surface area contributed by atoms with Crippen LogP contribution in [0.4, 0.5) is 0 Å². The molecule has 4 rings (SSSR count). The van der Waals surface area contributed by atoms with Crippen LogP contribution in [0.1, 0.15) is 41.0 Å². The van der Waals surface area contributed by atoms with Crippen molar-refractivity contribution in [3.05, 3.63) is 71.8 Å². The van der Waals surface area contributed by atoms with Crippen LogP contribution in [0.5, 0.6) is 0 Å². The minimum Gasteiger partial charge on any atom is -0.462 e. The largest absolute Gasteiger partial charge is 0.462 e. The number of hydrogen-bond acceptors (Lipinski definition) is 7. The number of hydrogen-bond donors (Lipinski definition) is 0. The monoisotopic (exact) mass is 412 g/mol. The summed E-state index contributed by atoms with van der Waals surface area (Å²) >= 11 is 0. The standard InChI is InChI=1S/C23H24O7/c1-23(2)29-19-18(28-21(25)16-11-7-4-8-12-16)17(27-22(19)30-23)13-14-26-20(24)15-9-5-3-6-10-15/h3-12,17-19,22H,13-14H2,1-2H3/t17-,18-,19-,22-/m1/s1. The van der Waals surface area contributed by atoms with Gasteiger partial charge in [-0.1, -0.05) is 36.4 Å². The molecule has 2 aliphatic rings. The van der Waals surface area contributed by atoms with Gasteiger partial charge in [0.2, 0.25) is 0 Å². The number of benzene rings is 2. The van der Waals surface area contributed by atoms with Crippen molar-refractivity contribution < 1.29 is 33.3 Å². The van der Waals surface area contributed by atoms with Crippen molar-refractivity contribution in [2.45, 2.75) is 50.7 Å². The van der Waals surface area contributed by atoms with Crippen molar-refractivity contribution in [3.8, 4) is 0 Å². The van der Waals surface area contributed by atoms with E-state index < -0.39 is 42.3 Å². The van der Waals surface area contributed by atoms with E-state index in [9.17, 15) is 9.59 Å². The second kappa shape index (κ2) is 8.55. The molecule has 0 spiro atoms. The lowest BCUT2D eigenvalue weighted by Crippen LogP contribution is -2.39. The summed E-state index contributed by atoms with van der Waals surface area (Å²) < 4.78 is 28.7. The molecule has 2 heterocycles. The molecule has 2 fully saturated rings.